The van der Waals surface area contributed by atoms with Crippen molar-refractivity contribution in [3.8, 4) is 17.1 Å². The summed E-state index contributed by atoms with van der Waals surface area (Å²) in [6.45, 7) is 0. The quantitative estimate of drug-likeness (QED) is 0.763. The third-order valence-corrected chi connectivity index (χ3v) is 2.15. The summed E-state index contributed by atoms with van der Waals surface area (Å²) in [7, 11) is 1.62. The smallest absolute Gasteiger partial charge is 0.182 e. The summed E-state index contributed by atoms with van der Waals surface area (Å²) in [5.41, 5.74) is 0.883. The Morgan fingerprint density at radius 3 is 2.50 bits per heavy atom. The molecular formula is C10H8ClNO2. The fourth-order valence-corrected chi connectivity index (χ4v) is 1.36. The number of rotatable bonds is 2. The van der Waals surface area contributed by atoms with Crippen molar-refractivity contribution in [1.82, 2.24) is 4.98 Å². The SMILES string of the molecule is COc1ccc(-c2ocnc2Cl)cc1. The van der Waals surface area contributed by atoms with Crippen molar-refractivity contribution in [1.29, 1.82) is 0 Å². The van der Waals surface area contributed by atoms with E-state index in [1.54, 1.807) is 7.11 Å². The second kappa shape index (κ2) is 3.72. The lowest BCUT2D eigenvalue weighted by atomic mass is 10.2. The summed E-state index contributed by atoms with van der Waals surface area (Å²) >= 11 is 5.81. The Labute approximate surface area is 86.3 Å². The summed E-state index contributed by atoms with van der Waals surface area (Å²) in [5, 5.41) is 0.371. The van der Waals surface area contributed by atoms with Gasteiger partial charge in [0.25, 0.3) is 0 Å². The molecule has 14 heavy (non-hydrogen) atoms. The summed E-state index contributed by atoms with van der Waals surface area (Å²) in [4.78, 5) is 3.80. The first-order valence-electron chi connectivity index (χ1n) is 4.04. The molecule has 0 aliphatic heterocycles. The zero-order valence-corrected chi connectivity index (χ0v) is 8.28. The number of oxazole rings is 1. The van der Waals surface area contributed by atoms with Crippen LogP contribution in [0.25, 0.3) is 11.3 Å². The molecule has 1 aromatic heterocycles. The van der Waals surface area contributed by atoms with Crippen LogP contribution in [0.3, 0.4) is 0 Å². The Morgan fingerprint density at radius 2 is 2.00 bits per heavy atom. The van der Waals surface area contributed by atoms with Crippen molar-refractivity contribution < 1.29 is 9.15 Å². The number of methoxy groups -OCH3 is 1. The number of nitrogens with zero attached hydrogens (tertiary/aromatic N) is 1. The zero-order chi connectivity index (χ0) is 9.97. The number of halogens is 1. The predicted molar refractivity (Wildman–Crippen MR) is 53.5 cm³/mol. The van der Waals surface area contributed by atoms with Crippen LogP contribution in [0, 0.1) is 0 Å². The van der Waals surface area contributed by atoms with Crippen molar-refractivity contribution in [3.05, 3.63) is 35.8 Å². The van der Waals surface area contributed by atoms with Gasteiger partial charge in [-0.3, -0.25) is 0 Å². The highest BCUT2D eigenvalue weighted by molar-refractivity contribution is 6.31. The van der Waals surface area contributed by atoms with Crippen LogP contribution in [0.5, 0.6) is 5.75 Å². The predicted octanol–water partition coefficient (Wildman–Crippen LogP) is 3.00. The van der Waals surface area contributed by atoms with E-state index < -0.39 is 0 Å². The number of ether oxygens (including phenoxy) is 1. The van der Waals surface area contributed by atoms with Crippen LogP contribution in [0.15, 0.2) is 35.1 Å². The third kappa shape index (κ3) is 1.59. The van der Waals surface area contributed by atoms with Gasteiger partial charge in [-0.15, -0.1) is 0 Å². The van der Waals surface area contributed by atoms with E-state index in [0.717, 1.165) is 11.3 Å². The lowest BCUT2D eigenvalue weighted by Crippen LogP contribution is -1.82. The molecule has 0 amide bonds. The molecule has 0 radical (unpaired) electrons. The maximum absolute atomic E-state index is 5.81. The van der Waals surface area contributed by atoms with Gasteiger partial charge < -0.3 is 9.15 Å². The molecule has 0 aliphatic rings. The monoisotopic (exact) mass is 209 g/mol. The lowest BCUT2D eigenvalue weighted by molar-refractivity contribution is 0.415. The molecule has 3 nitrogen and oxygen atoms in total. The minimum atomic E-state index is 0.371. The van der Waals surface area contributed by atoms with Gasteiger partial charge in [0.15, 0.2) is 17.3 Å². The number of benzene rings is 1. The first-order valence-corrected chi connectivity index (χ1v) is 4.42. The lowest BCUT2D eigenvalue weighted by Gasteiger charge is -2.00. The third-order valence-electron chi connectivity index (χ3n) is 1.88. The van der Waals surface area contributed by atoms with E-state index in [1.807, 2.05) is 24.3 Å². The summed E-state index contributed by atoms with van der Waals surface area (Å²) < 4.78 is 10.2. The first kappa shape index (κ1) is 9.09. The summed E-state index contributed by atoms with van der Waals surface area (Å²) in [5.74, 6) is 1.37. The normalized spacial score (nSPS) is 10.1. The van der Waals surface area contributed by atoms with Crippen LogP contribution in [0.1, 0.15) is 0 Å². The molecule has 0 aliphatic carbocycles. The van der Waals surface area contributed by atoms with E-state index >= 15 is 0 Å². The molecule has 4 heteroatoms. The molecule has 0 spiro atoms. The van der Waals surface area contributed by atoms with Crippen LogP contribution in [0.4, 0.5) is 0 Å². The fourth-order valence-electron chi connectivity index (χ4n) is 1.16. The molecular weight excluding hydrogens is 202 g/mol. The first-order chi connectivity index (χ1) is 6.81. The molecule has 0 fully saturated rings. The average molecular weight is 210 g/mol. The van der Waals surface area contributed by atoms with Crippen LogP contribution in [0.2, 0.25) is 5.15 Å². The van der Waals surface area contributed by atoms with Crippen molar-refractivity contribution in [2.45, 2.75) is 0 Å². The molecule has 2 aromatic rings. The van der Waals surface area contributed by atoms with Crippen LogP contribution in [-0.4, -0.2) is 12.1 Å². The van der Waals surface area contributed by atoms with Gasteiger partial charge in [0.2, 0.25) is 0 Å². The van der Waals surface area contributed by atoms with Gasteiger partial charge in [-0.25, -0.2) is 4.98 Å². The van der Waals surface area contributed by atoms with Gasteiger partial charge in [-0.2, -0.15) is 0 Å². The second-order valence-electron chi connectivity index (χ2n) is 2.70. The average Bonchev–Trinajstić information content (AvgIpc) is 2.65. The van der Waals surface area contributed by atoms with E-state index in [4.69, 9.17) is 20.8 Å². The molecule has 0 bridgehead atoms. The molecule has 0 saturated heterocycles. The zero-order valence-electron chi connectivity index (χ0n) is 7.53. The number of hydrogen-bond acceptors (Lipinski definition) is 3. The van der Waals surface area contributed by atoms with Crippen LogP contribution >= 0.6 is 11.6 Å². The van der Waals surface area contributed by atoms with Gasteiger partial charge in [0.05, 0.1) is 7.11 Å². The molecule has 72 valence electrons. The maximum atomic E-state index is 5.81. The number of hydrogen-bond donors (Lipinski definition) is 0. The van der Waals surface area contributed by atoms with E-state index in [1.165, 1.54) is 6.39 Å². The van der Waals surface area contributed by atoms with E-state index in [2.05, 4.69) is 4.98 Å². The van der Waals surface area contributed by atoms with Gasteiger partial charge >= 0.3 is 0 Å². The highest BCUT2D eigenvalue weighted by atomic mass is 35.5. The second-order valence-corrected chi connectivity index (χ2v) is 3.06. The molecule has 0 unspecified atom stereocenters. The molecule has 0 saturated carbocycles. The maximum Gasteiger partial charge on any atom is 0.182 e. The number of aromatic nitrogens is 1. The Kier molecular flexibility index (Phi) is 2.41. The minimum absolute atomic E-state index is 0.371. The largest absolute Gasteiger partial charge is 0.497 e. The van der Waals surface area contributed by atoms with Gasteiger partial charge in [-0.1, -0.05) is 11.6 Å². The Balaban J connectivity index is 2.39. The van der Waals surface area contributed by atoms with E-state index in [9.17, 15) is 0 Å². The van der Waals surface area contributed by atoms with Crippen LogP contribution < -0.4 is 4.74 Å². The molecule has 1 aromatic carbocycles. The Morgan fingerprint density at radius 1 is 1.29 bits per heavy atom. The summed E-state index contributed by atoms with van der Waals surface area (Å²) in [6, 6.07) is 7.42. The van der Waals surface area contributed by atoms with Crippen LogP contribution in [-0.2, 0) is 0 Å². The summed E-state index contributed by atoms with van der Waals surface area (Å²) in [6.07, 6.45) is 1.32. The van der Waals surface area contributed by atoms with Crippen molar-refractivity contribution in [2.24, 2.45) is 0 Å². The molecule has 1 heterocycles. The Bertz CT molecular complexity index is 422. The van der Waals surface area contributed by atoms with Gasteiger partial charge in [0.1, 0.15) is 5.75 Å². The minimum Gasteiger partial charge on any atom is -0.497 e. The van der Waals surface area contributed by atoms with Crippen molar-refractivity contribution >= 4 is 11.6 Å². The van der Waals surface area contributed by atoms with Crippen molar-refractivity contribution in [2.75, 3.05) is 7.11 Å². The van der Waals surface area contributed by atoms with E-state index in [0.29, 0.717) is 10.9 Å². The highest BCUT2D eigenvalue weighted by Gasteiger charge is 2.07. The molecule has 0 N–H and O–H groups in total. The van der Waals surface area contributed by atoms with Gasteiger partial charge in [-0.05, 0) is 24.3 Å². The highest BCUT2D eigenvalue weighted by Crippen LogP contribution is 2.27. The standard InChI is InChI=1S/C10H8ClNO2/c1-13-8-4-2-7(3-5-8)9-10(11)12-6-14-9/h2-6H,1H3. The fraction of sp³-hybridized carbons (Fsp3) is 0.100. The topological polar surface area (TPSA) is 35.3 Å². The van der Waals surface area contributed by atoms with Gasteiger partial charge in [0, 0.05) is 5.56 Å². The molecule has 2 rings (SSSR count). The molecule has 0 atom stereocenters. The van der Waals surface area contributed by atoms with Crippen molar-refractivity contribution in [3.63, 3.8) is 0 Å². The Hall–Kier alpha value is -1.48. The van der Waals surface area contributed by atoms with E-state index in [-0.39, 0.29) is 0 Å².